The summed E-state index contributed by atoms with van der Waals surface area (Å²) in [5, 5.41) is 9.53. The first-order valence-electron chi connectivity index (χ1n) is 5.15. The van der Waals surface area contributed by atoms with Gasteiger partial charge in [0.15, 0.2) is 8.29 Å². The van der Waals surface area contributed by atoms with E-state index in [9.17, 15) is 4.79 Å². The first kappa shape index (κ1) is 13.3. The third kappa shape index (κ3) is 3.69. The number of thioether (sulfide) groups is 1. The highest BCUT2D eigenvalue weighted by atomic mass is 32.2. The van der Waals surface area contributed by atoms with Crippen LogP contribution in [-0.4, -0.2) is 21.9 Å². The average molecular weight is 301 g/mol. The minimum atomic E-state index is -0.0609. The van der Waals surface area contributed by atoms with Crippen molar-refractivity contribution < 1.29 is 9.21 Å². The van der Waals surface area contributed by atoms with E-state index in [1.807, 2.05) is 13.0 Å². The van der Waals surface area contributed by atoms with Crippen LogP contribution in [0.1, 0.15) is 18.5 Å². The number of aromatic amines is 1. The third-order valence-corrected chi connectivity index (χ3v) is 4.40. The number of amides is 1. The van der Waals surface area contributed by atoms with Gasteiger partial charge in [-0.1, -0.05) is 23.1 Å². The Morgan fingerprint density at radius 2 is 2.61 bits per heavy atom. The first-order chi connectivity index (χ1) is 8.65. The number of H-pyrrole nitrogens is 1. The van der Waals surface area contributed by atoms with Crippen LogP contribution in [0.3, 0.4) is 0 Å². The smallest absolute Gasteiger partial charge is 0.230 e. The van der Waals surface area contributed by atoms with Crippen molar-refractivity contribution in [3.05, 3.63) is 28.1 Å². The lowest BCUT2D eigenvalue weighted by molar-refractivity contribution is -0.119. The van der Waals surface area contributed by atoms with Crippen molar-refractivity contribution >= 4 is 41.2 Å². The lowest BCUT2D eigenvalue weighted by Gasteiger charge is -2.11. The van der Waals surface area contributed by atoms with E-state index in [2.05, 4.69) is 15.5 Å². The van der Waals surface area contributed by atoms with E-state index >= 15 is 0 Å². The maximum absolute atomic E-state index is 11.7. The van der Waals surface area contributed by atoms with Crippen LogP contribution in [0.5, 0.6) is 0 Å². The number of carbonyl (C=O) groups is 1. The fraction of sp³-hybridized carbons (Fsp3) is 0.300. The second-order valence-corrected chi connectivity index (χ2v) is 6.40. The molecular weight excluding hydrogens is 290 g/mol. The molecule has 0 fully saturated rings. The van der Waals surface area contributed by atoms with E-state index < -0.39 is 0 Å². The standard InChI is InChI=1S/C10H11N3O2S3/c1-6(7-2-3-15-4-7)11-8(14)5-17-10-13-12-9(16)18-10/h2-4,6H,5H2,1H3,(H,11,14)(H,12,16)/t6-/m1/s1. The quantitative estimate of drug-likeness (QED) is 0.656. The van der Waals surface area contributed by atoms with Gasteiger partial charge in [0, 0.05) is 5.56 Å². The molecular formula is C10H11N3O2S3. The molecule has 8 heteroatoms. The fourth-order valence-corrected chi connectivity index (χ4v) is 3.19. The number of aromatic nitrogens is 2. The average Bonchev–Trinajstić information content (AvgIpc) is 2.97. The van der Waals surface area contributed by atoms with Crippen LogP contribution in [0.2, 0.25) is 0 Å². The summed E-state index contributed by atoms with van der Waals surface area (Å²) in [5.41, 5.74) is 0.948. The molecule has 96 valence electrons. The molecule has 0 saturated carbocycles. The molecule has 0 spiro atoms. The molecule has 1 atom stereocenters. The Hall–Kier alpha value is -1.12. The topological polar surface area (TPSA) is 70.9 Å². The Balaban J connectivity index is 1.80. The first-order valence-corrected chi connectivity index (χ1v) is 7.36. The molecule has 2 heterocycles. The molecule has 2 rings (SSSR count). The summed E-state index contributed by atoms with van der Waals surface area (Å²) in [7, 11) is 0. The summed E-state index contributed by atoms with van der Waals surface area (Å²) in [5.74, 6) is 0.271. The summed E-state index contributed by atoms with van der Waals surface area (Å²) >= 11 is 7.64. The van der Waals surface area contributed by atoms with Gasteiger partial charge >= 0.3 is 0 Å². The molecule has 2 aromatic rings. The van der Waals surface area contributed by atoms with Gasteiger partial charge < -0.3 is 9.73 Å². The maximum atomic E-state index is 11.7. The minimum Gasteiger partial charge on any atom is -0.472 e. The van der Waals surface area contributed by atoms with Crippen LogP contribution in [0.15, 0.2) is 27.3 Å². The van der Waals surface area contributed by atoms with E-state index in [1.54, 1.807) is 12.5 Å². The van der Waals surface area contributed by atoms with Gasteiger partial charge in [-0.25, -0.2) is 0 Å². The summed E-state index contributed by atoms with van der Waals surface area (Å²) in [6.07, 6.45) is 3.21. The highest BCUT2D eigenvalue weighted by molar-refractivity contribution is 8.01. The Kier molecular flexibility index (Phi) is 4.56. The zero-order valence-corrected chi connectivity index (χ0v) is 12.0. The van der Waals surface area contributed by atoms with Gasteiger partial charge in [-0.2, -0.15) is 5.10 Å². The number of hydrogen-bond donors (Lipinski definition) is 2. The number of nitrogens with one attached hydrogen (secondary N) is 2. The zero-order valence-electron chi connectivity index (χ0n) is 9.50. The summed E-state index contributed by atoms with van der Waals surface area (Å²) in [6.45, 7) is 1.91. The number of carbonyl (C=O) groups excluding carboxylic acids is 1. The predicted molar refractivity (Wildman–Crippen MR) is 73.3 cm³/mol. The van der Waals surface area contributed by atoms with Gasteiger partial charge in [0.25, 0.3) is 0 Å². The molecule has 0 radical (unpaired) electrons. The van der Waals surface area contributed by atoms with Gasteiger partial charge in [0.1, 0.15) is 0 Å². The van der Waals surface area contributed by atoms with Crippen LogP contribution in [0.4, 0.5) is 0 Å². The lowest BCUT2D eigenvalue weighted by Crippen LogP contribution is -2.27. The minimum absolute atomic E-state index is 0.0465. The summed E-state index contributed by atoms with van der Waals surface area (Å²) in [6, 6.07) is 1.77. The highest BCUT2D eigenvalue weighted by Crippen LogP contribution is 2.20. The van der Waals surface area contributed by atoms with E-state index in [0.717, 1.165) is 9.90 Å². The number of hydrogen-bond acceptors (Lipinski definition) is 6. The van der Waals surface area contributed by atoms with Crippen LogP contribution in [0, 0.1) is 3.95 Å². The number of rotatable bonds is 5. The van der Waals surface area contributed by atoms with Crippen LogP contribution in [0.25, 0.3) is 0 Å². The van der Waals surface area contributed by atoms with Gasteiger partial charge in [-0.15, -0.1) is 0 Å². The van der Waals surface area contributed by atoms with E-state index in [1.165, 1.54) is 23.1 Å². The zero-order chi connectivity index (χ0) is 13.0. The molecule has 0 aliphatic carbocycles. The lowest BCUT2D eigenvalue weighted by atomic mass is 10.2. The highest BCUT2D eigenvalue weighted by Gasteiger charge is 2.11. The Bertz CT molecular complexity index is 561. The molecule has 0 bridgehead atoms. The van der Waals surface area contributed by atoms with Crippen LogP contribution < -0.4 is 5.32 Å². The Morgan fingerprint density at radius 1 is 1.78 bits per heavy atom. The van der Waals surface area contributed by atoms with Gasteiger partial charge in [0.2, 0.25) is 5.91 Å². The Morgan fingerprint density at radius 3 is 3.22 bits per heavy atom. The molecule has 0 aromatic carbocycles. The van der Waals surface area contributed by atoms with Crippen molar-refractivity contribution in [3.63, 3.8) is 0 Å². The molecule has 1 amide bonds. The number of nitrogens with zero attached hydrogens (tertiary/aromatic N) is 1. The monoisotopic (exact) mass is 301 g/mol. The second-order valence-electron chi connectivity index (χ2n) is 3.51. The normalized spacial score (nSPS) is 12.3. The van der Waals surface area contributed by atoms with Crippen molar-refractivity contribution in [2.24, 2.45) is 0 Å². The molecule has 5 nitrogen and oxygen atoms in total. The molecule has 0 aliphatic rings. The van der Waals surface area contributed by atoms with Crippen molar-refractivity contribution in [2.75, 3.05) is 5.75 Å². The third-order valence-electron chi connectivity index (χ3n) is 2.17. The molecule has 0 aliphatic heterocycles. The molecule has 0 unspecified atom stereocenters. The van der Waals surface area contributed by atoms with E-state index in [0.29, 0.717) is 9.71 Å². The van der Waals surface area contributed by atoms with Crippen molar-refractivity contribution in [2.45, 2.75) is 17.3 Å². The van der Waals surface area contributed by atoms with Gasteiger partial charge in [-0.3, -0.25) is 9.89 Å². The van der Waals surface area contributed by atoms with Crippen molar-refractivity contribution in [1.82, 2.24) is 15.5 Å². The molecule has 2 N–H and O–H groups in total. The molecule has 18 heavy (non-hydrogen) atoms. The van der Waals surface area contributed by atoms with Crippen LogP contribution in [-0.2, 0) is 4.79 Å². The maximum Gasteiger partial charge on any atom is 0.230 e. The summed E-state index contributed by atoms with van der Waals surface area (Å²) in [4.78, 5) is 11.7. The van der Waals surface area contributed by atoms with Gasteiger partial charge in [-0.05, 0) is 25.2 Å². The van der Waals surface area contributed by atoms with Crippen molar-refractivity contribution in [1.29, 1.82) is 0 Å². The fourth-order valence-electron chi connectivity index (χ4n) is 1.29. The van der Waals surface area contributed by atoms with Crippen molar-refractivity contribution in [3.8, 4) is 0 Å². The van der Waals surface area contributed by atoms with E-state index in [4.69, 9.17) is 16.6 Å². The van der Waals surface area contributed by atoms with Gasteiger partial charge in [0.05, 0.1) is 24.3 Å². The second kappa shape index (κ2) is 6.17. The predicted octanol–water partition coefficient (Wildman–Crippen LogP) is 2.76. The SMILES string of the molecule is C[C@@H](NC(=O)CSc1n[nH]c(=S)s1)c1ccoc1. The number of furan rings is 1. The van der Waals surface area contributed by atoms with E-state index in [-0.39, 0.29) is 11.9 Å². The Labute approximate surface area is 117 Å². The molecule has 2 aromatic heterocycles. The molecule has 0 saturated heterocycles. The largest absolute Gasteiger partial charge is 0.472 e. The van der Waals surface area contributed by atoms with Crippen LogP contribution >= 0.6 is 35.3 Å². The summed E-state index contributed by atoms with van der Waals surface area (Å²) < 4.78 is 6.35.